The van der Waals surface area contributed by atoms with E-state index in [1.807, 2.05) is 25.1 Å². The summed E-state index contributed by atoms with van der Waals surface area (Å²) in [5.74, 6) is 0.402. The first-order chi connectivity index (χ1) is 12.5. The Bertz CT molecular complexity index is 1030. The Kier molecular flexibility index (Phi) is 4.79. The summed E-state index contributed by atoms with van der Waals surface area (Å²) in [6.07, 6.45) is 1.41. The highest BCUT2D eigenvalue weighted by atomic mass is 16.5. The Labute approximate surface area is 150 Å². The molecule has 2 aromatic heterocycles. The number of nitrogens with zero attached hydrogens (tertiary/aromatic N) is 2. The van der Waals surface area contributed by atoms with Crippen LogP contribution >= 0.6 is 0 Å². The lowest BCUT2D eigenvalue weighted by Gasteiger charge is -2.11. The SMILES string of the molecule is CCOC(=O)c1c(C)oc2ncn(Cc3cc(C)ccc3OC)c(=O)c12. The van der Waals surface area contributed by atoms with Crippen LogP contribution in [0, 0.1) is 13.8 Å². The molecule has 0 N–H and O–H groups in total. The van der Waals surface area contributed by atoms with Crippen molar-refractivity contribution in [2.24, 2.45) is 0 Å². The predicted octanol–water partition coefficient (Wildman–Crippen LogP) is 2.84. The van der Waals surface area contributed by atoms with E-state index in [0.717, 1.165) is 11.1 Å². The van der Waals surface area contributed by atoms with Gasteiger partial charge in [0.2, 0.25) is 5.71 Å². The molecule has 26 heavy (non-hydrogen) atoms. The molecule has 2 heterocycles. The second kappa shape index (κ2) is 7.03. The van der Waals surface area contributed by atoms with Crippen LogP contribution in [0.15, 0.2) is 33.7 Å². The fraction of sp³-hybridized carbons (Fsp3) is 0.316. The van der Waals surface area contributed by atoms with E-state index in [9.17, 15) is 9.59 Å². The van der Waals surface area contributed by atoms with E-state index in [1.54, 1.807) is 21.0 Å². The van der Waals surface area contributed by atoms with E-state index < -0.39 is 5.97 Å². The zero-order valence-electron chi connectivity index (χ0n) is 15.2. The smallest absolute Gasteiger partial charge is 0.342 e. The van der Waals surface area contributed by atoms with Gasteiger partial charge >= 0.3 is 5.97 Å². The number of rotatable bonds is 5. The van der Waals surface area contributed by atoms with Crippen LogP contribution in [0.25, 0.3) is 11.1 Å². The third kappa shape index (κ3) is 3.08. The largest absolute Gasteiger partial charge is 0.496 e. The van der Waals surface area contributed by atoms with Crippen molar-refractivity contribution in [2.45, 2.75) is 27.3 Å². The summed E-state index contributed by atoms with van der Waals surface area (Å²) in [5.41, 5.74) is 1.79. The van der Waals surface area contributed by atoms with Gasteiger partial charge in [0.15, 0.2) is 0 Å². The molecule has 0 amide bonds. The normalized spacial score (nSPS) is 10.9. The molecule has 0 radical (unpaired) electrons. The van der Waals surface area contributed by atoms with E-state index in [0.29, 0.717) is 11.5 Å². The molecule has 0 aliphatic heterocycles. The highest BCUT2D eigenvalue weighted by Gasteiger charge is 2.24. The van der Waals surface area contributed by atoms with E-state index in [2.05, 4.69) is 4.98 Å². The number of benzene rings is 1. The number of ether oxygens (including phenoxy) is 2. The van der Waals surface area contributed by atoms with Crippen molar-refractivity contribution < 1.29 is 18.7 Å². The van der Waals surface area contributed by atoms with Crippen LogP contribution < -0.4 is 10.3 Å². The number of methoxy groups -OCH3 is 1. The molecule has 136 valence electrons. The Balaban J connectivity index is 2.13. The maximum absolute atomic E-state index is 13.0. The number of aromatic nitrogens is 2. The van der Waals surface area contributed by atoms with Gasteiger partial charge in [-0.2, -0.15) is 0 Å². The van der Waals surface area contributed by atoms with E-state index in [4.69, 9.17) is 13.9 Å². The fourth-order valence-corrected chi connectivity index (χ4v) is 2.91. The molecule has 0 bridgehead atoms. The molecule has 7 heteroatoms. The first-order valence-electron chi connectivity index (χ1n) is 8.25. The average Bonchev–Trinajstić information content (AvgIpc) is 2.95. The summed E-state index contributed by atoms with van der Waals surface area (Å²) in [7, 11) is 1.58. The minimum Gasteiger partial charge on any atom is -0.496 e. The highest BCUT2D eigenvalue weighted by molar-refractivity contribution is 6.03. The molecule has 0 aliphatic carbocycles. The summed E-state index contributed by atoms with van der Waals surface area (Å²) in [6, 6.07) is 5.74. The number of aryl methyl sites for hydroxylation is 2. The number of fused-ring (bicyclic) bond motifs is 1. The van der Waals surface area contributed by atoms with Gasteiger partial charge in [-0.15, -0.1) is 0 Å². The molecule has 3 rings (SSSR count). The Morgan fingerprint density at radius 1 is 1.31 bits per heavy atom. The highest BCUT2D eigenvalue weighted by Crippen LogP contribution is 2.23. The number of hydrogen-bond acceptors (Lipinski definition) is 6. The molecule has 0 saturated heterocycles. The molecule has 1 aromatic carbocycles. The molecule has 0 fully saturated rings. The third-order valence-electron chi connectivity index (χ3n) is 4.11. The lowest BCUT2D eigenvalue weighted by Crippen LogP contribution is -2.22. The molecule has 0 unspecified atom stereocenters. The quantitative estimate of drug-likeness (QED) is 0.654. The molecule has 0 saturated carbocycles. The molecular formula is C19H20N2O5. The second-order valence-electron chi connectivity index (χ2n) is 5.93. The van der Waals surface area contributed by atoms with Crippen molar-refractivity contribution in [3.8, 4) is 5.75 Å². The molecular weight excluding hydrogens is 336 g/mol. The zero-order valence-corrected chi connectivity index (χ0v) is 15.2. The van der Waals surface area contributed by atoms with Crippen molar-refractivity contribution in [1.82, 2.24) is 9.55 Å². The monoisotopic (exact) mass is 356 g/mol. The van der Waals surface area contributed by atoms with Crippen LogP contribution in [-0.2, 0) is 11.3 Å². The first kappa shape index (κ1) is 17.7. The molecule has 0 spiro atoms. The number of hydrogen-bond donors (Lipinski definition) is 0. The van der Waals surface area contributed by atoms with Crippen LogP contribution in [0.2, 0.25) is 0 Å². The Hall–Kier alpha value is -3.09. The van der Waals surface area contributed by atoms with Gasteiger partial charge in [0.05, 0.1) is 20.3 Å². The fourth-order valence-electron chi connectivity index (χ4n) is 2.91. The lowest BCUT2D eigenvalue weighted by molar-refractivity contribution is 0.0526. The molecule has 0 atom stereocenters. The van der Waals surface area contributed by atoms with Crippen LogP contribution in [0.3, 0.4) is 0 Å². The topological polar surface area (TPSA) is 83.6 Å². The number of carbonyl (C=O) groups is 1. The number of furan rings is 1. The number of esters is 1. The van der Waals surface area contributed by atoms with Crippen LogP contribution in [-0.4, -0.2) is 29.2 Å². The predicted molar refractivity (Wildman–Crippen MR) is 95.8 cm³/mol. The number of carbonyl (C=O) groups excluding carboxylic acids is 1. The van der Waals surface area contributed by atoms with Crippen LogP contribution in [0.1, 0.15) is 34.2 Å². The van der Waals surface area contributed by atoms with Gasteiger partial charge in [-0.1, -0.05) is 17.7 Å². The summed E-state index contributed by atoms with van der Waals surface area (Å²) in [5, 5.41) is 0.134. The standard InChI is InChI=1S/C19H20N2O5/c1-5-25-19(23)15-12(3)26-17-16(15)18(22)21(10-20-17)9-13-8-11(2)6-7-14(13)24-4/h6-8,10H,5,9H2,1-4H3. The van der Waals surface area contributed by atoms with Crippen molar-refractivity contribution >= 4 is 17.1 Å². The lowest BCUT2D eigenvalue weighted by atomic mass is 10.1. The van der Waals surface area contributed by atoms with Crippen molar-refractivity contribution in [3.63, 3.8) is 0 Å². The zero-order chi connectivity index (χ0) is 18.8. The van der Waals surface area contributed by atoms with Crippen molar-refractivity contribution in [1.29, 1.82) is 0 Å². The van der Waals surface area contributed by atoms with Gasteiger partial charge in [0.25, 0.3) is 5.56 Å². The maximum Gasteiger partial charge on any atom is 0.342 e. The van der Waals surface area contributed by atoms with Crippen LogP contribution in [0.5, 0.6) is 5.75 Å². The summed E-state index contributed by atoms with van der Waals surface area (Å²) >= 11 is 0. The van der Waals surface area contributed by atoms with Gasteiger partial charge < -0.3 is 13.9 Å². The minimum atomic E-state index is -0.589. The van der Waals surface area contributed by atoms with E-state index in [-0.39, 0.29) is 35.4 Å². The molecule has 7 nitrogen and oxygen atoms in total. The van der Waals surface area contributed by atoms with Gasteiger partial charge in [-0.3, -0.25) is 9.36 Å². The van der Waals surface area contributed by atoms with Gasteiger partial charge in [0, 0.05) is 5.56 Å². The second-order valence-corrected chi connectivity index (χ2v) is 5.93. The van der Waals surface area contributed by atoms with Gasteiger partial charge in [-0.05, 0) is 26.8 Å². The Morgan fingerprint density at radius 3 is 2.77 bits per heavy atom. The first-order valence-corrected chi connectivity index (χ1v) is 8.25. The van der Waals surface area contributed by atoms with Gasteiger partial charge in [-0.25, -0.2) is 9.78 Å². The average molecular weight is 356 g/mol. The van der Waals surface area contributed by atoms with Crippen LogP contribution in [0.4, 0.5) is 0 Å². The maximum atomic E-state index is 13.0. The molecule has 3 aromatic rings. The van der Waals surface area contributed by atoms with E-state index in [1.165, 1.54) is 10.9 Å². The van der Waals surface area contributed by atoms with Crippen molar-refractivity contribution in [2.75, 3.05) is 13.7 Å². The summed E-state index contributed by atoms with van der Waals surface area (Å²) < 4.78 is 17.3. The minimum absolute atomic E-state index is 0.128. The van der Waals surface area contributed by atoms with E-state index >= 15 is 0 Å². The summed E-state index contributed by atoms with van der Waals surface area (Å²) in [6.45, 7) is 5.75. The third-order valence-corrected chi connectivity index (χ3v) is 4.11. The van der Waals surface area contributed by atoms with Gasteiger partial charge in [0.1, 0.15) is 28.8 Å². The summed E-state index contributed by atoms with van der Waals surface area (Å²) in [4.78, 5) is 29.4. The Morgan fingerprint density at radius 2 is 2.08 bits per heavy atom. The van der Waals surface area contributed by atoms with Crippen molar-refractivity contribution in [3.05, 3.63) is 57.3 Å². The molecule has 0 aliphatic rings.